The fraction of sp³-hybridized carbons (Fsp3) is 0.211. The molecule has 0 saturated heterocycles. The van der Waals surface area contributed by atoms with Gasteiger partial charge in [-0.2, -0.15) is 0 Å². The number of hydrogen-bond donors (Lipinski definition) is 1. The highest BCUT2D eigenvalue weighted by Crippen LogP contribution is 2.15. The maximum atomic E-state index is 12.3. The first-order valence-electron chi connectivity index (χ1n) is 8.20. The average molecular weight is 393 g/mol. The summed E-state index contributed by atoms with van der Waals surface area (Å²) in [6.45, 7) is 5.08. The van der Waals surface area contributed by atoms with E-state index >= 15 is 0 Å². The molecule has 0 fully saturated rings. The Kier molecular flexibility index (Phi) is 6.83. The van der Waals surface area contributed by atoms with E-state index in [-0.39, 0.29) is 5.91 Å². The Labute approximate surface area is 159 Å². The van der Waals surface area contributed by atoms with Gasteiger partial charge in [0.15, 0.2) is 0 Å². The number of benzene rings is 2. The van der Waals surface area contributed by atoms with Gasteiger partial charge >= 0.3 is 0 Å². The van der Waals surface area contributed by atoms with Gasteiger partial charge in [0.25, 0.3) is 15.9 Å². The minimum absolute atomic E-state index is 0.0768. The summed E-state index contributed by atoms with van der Waals surface area (Å²) in [7, 11) is -3.66. The van der Waals surface area contributed by atoms with Gasteiger partial charge in [0, 0.05) is 29.4 Å². The van der Waals surface area contributed by atoms with Crippen LogP contribution in [0, 0.1) is 0 Å². The monoisotopic (exact) mass is 392 g/mol. The average Bonchev–Trinajstić information content (AvgIpc) is 2.62. The van der Waals surface area contributed by atoms with Gasteiger partial charge in [0.05, 0.1) is 5.41 Å². The van der Waals surface area contributed by atoms with E-state index < -0.39 is 10.0 Å². The first-order chi connectivity index (χ1) is 12.3. The lowest BCUT2D eigenvalue weighted by Gasteiger charge is -2.18. The summed E-state index contributed by atoms with van der Waals surface area (Å²) in [6.07, 6.45) is 1.48. The van der Waals surface area contributed by atoms with E-state index in [4.69, 9.17) is 11.6 Å². The molecule has 0 heterocycles. The number of anilines is 1. The third-order valence-corrected chi connectivity index (χ3v) is 5.02. The van der Waals surface area contributed by atoms with Crippen molar-refractivity contribution in [1.82, 2.24) is 4.90 Å². The van der Waals surface area contributed by atoms with Gasteiger partial charge in [0.2, 0.25) is 0 Å². The minimum atomic E-state index is -3.66. The number of sulfonamides is 1. The van der Waals surface area contributed by atoms with E-state index in [9.17, 15) is 13.2 Å². The van der Waals surface area contributed by atoms with Crippen LogP contribution in [0.4, 0.5) is 5.69 Å². The number of carbonyl (C=O) groups excluding carboxylic acids is 1. The van der Waals surface area contributed by atoms with Crippen LogP contribution in [-0.4, -0.2) is 32.3 Å². The fourth-order valence-corrected chi connectivity index (χ4v) is 3.31. The lowest BCUT2D eigenvalue weighted by atomic mass is 10.2. The number of hydrogen-bond acceptors (Lipinski definition) is 3. The Morgan fingerprint density at radius 1 is 1.04 bits per heavy atom. The molecule has 2 aromatic carbocycles. The van der Waals surface area contributed by atoms with E-state index in [1.807, 2.05) is 13.8 Å². The molecule has 7 heteroatoms. The number of nitrogens with one attached hydrogen (secondary N) is 1. The molecule has 2 rings (SSSR count). The van der Waals surface area contributed by atoms with Crippen molar-refractivity contribution in [3.8, 4) is 0 Å². The van der Waals surface area contributed by atoms with E-state index in [0.29, 0.717) is 29.4 Å². The van der Waals surface area contributed by atoms with Crippen molar-refractivity contribution in [3.05, 3.63) is 70.1 Å². The standard InChI is InChI=1S/C19H21ClN2O3S/c1-3-22(4-2)19(23)16-7-11-18(12-8-16)21-26(24,25)14-13-15-5-9-17(20)10-6-15/h5-14,21H,3-4H2,1-2H3/b14-13+. The normalized spacial score (nSPS) is 11.5. The molecule has 138 valence electrons. The van der Waals surface area contributed by atoms with Crippen molar-refractivity contribution < 1.29 is 13.2 Å². The highest BCUT2D eigenvalue weighted by Gasteiger charge is 2.12. The van der Waals surface area contributed by atoms with E-state index in [2.05, 4.69) is 4.72 Å². The van der Waals surface area contributed by atoms with Crippen molar-refractivity contribution >= 4 is 39.3 Å². The van der Waals surface area contributed by atoms with Crippen LogP contribution in [0.5, 0.6) is 0 Å². The number of halogens is 1. The molecule has 1 N–H and O–H groups in total. The number of nitrogens with zero attached hydrogens (tertiary/aromatic N) is 1. The zero-order valence-electron chi connectivity index (χ0n) is 14.6. The minimum Gasteiger partial charge on any atom is -0.339 e. The van der Waals surface area contributed by atoms with E-state index in [1.165, 1.54) is 6.08 Å². The molecule has 1 amide bonds. The molecule has 0 aliphatic carbocycles. The highest BCUT2D eigenvalue weighted by atomic mass is 35.5. The third-order valence-electron chi connectivity index (χ3n) is 3.75. The third kappa shape index (κ3) is 5.61. The Balaban J connectivity index is 2.07. The second-order valence-corrected chi connectivity index (χ2v) is 7.56. The number of rotatable bonds is 7. The summed E-state index contributed by atoms with van der Waals surface area (Å²) >= 11 is 5.80. The Morgan fingerprint density at radius 3 is 2.15 bits per heavy atom. The molecule has 0 bridgehead atoms. The lowest BCUT2D eigenvalue weighted by Crippen LogP contribution is -2.30. The van der Waals surface area contributed by atoms with Crippen molar-refractivity contribution in [2.45, 2.75) is 13.8 Å². The van der Waals surface area contributed by atoms with Crippen molar-refractivity contribution in [1.29, 1.82) is 0 Å². The molecule has 0 atom stereocenters. The molecule has 0 spiro atoms. The summed E-state index contributed by atoms with van der Waals surface area (Å²) in [5, 5.41) is 1.67. The summed E-state index contributed by atoms with van der Waals surface area (Å²) in [6, 6.07) is 13.2. The number of carbonyl (C=O) groups is 1. The maximum Gasteiger partial charge on any atom is 0.255 e. The highest BCUT2D eigenvalue weighted by molar-refractivity contribution is 7.95. The predicted molar refractivity (Wildman–Crippen MR) is 107 cm³/mol. The zero-order chi connectivity index (χ0) is 19.2. The molecule has 0 unspecified atom stereocenters. The van der Waals surface area contributed by atoms with Gasteiger partial charge in [-0.3, -0.25) is 9.52 Å². The molecular weight excluding hydrogens is 372 g/mol. The quantitative estimate of drug-likeness (QED) is 0.766. The first kappa shape index (κ1) is 20.0. The maximum absolute atomic E-state index is 12.3. The van der Waals surface area contributed by atoms with Crippen molar-refractivity contribution in [2.24, 2.45) is 0 Å². The van der Waals surface area contributed by atoms with Crippen LogP contribution in [0.15, 0.2) is 53.9 Å². The number of amides is 1. The molecule has 0 aromatic heterocycles. The van der Waals surface area contributed by atoms with Crippen molar-refractivity contribution in [3.63, 3.8) is 0 Å². The topological polar surface area (TPSA) is 66.5 Å². The van der Waals surface area contributed by atoms with Crippen LogP contribution in [-0.2, 0) is 10.0 Å². The zero-order valence-corrected chi connectivity index (χ0v) is 16.2. The van der Waals surface area contributed by atoms with Gasteiger partial charge in [-0.05, 0) is 61.9 Å². The van der Waals surface area contributed by atoms with Crippen LogP contribution in [0.1, 0.15) is 29.8 Å². The second-order valence-electron chi connectivity index (χ2n) is 5.56. The van der Waals surface area contributed by atoms with Crippen LogP contribution in [0.3, 0.4) is 0 Å². The summed E-state index contributed by atoms with van der Waals surface area (Å²) in [4.78, 5) is 14.0. The lowest BCUT2D eigenvalue weighted by molar-refractivity contribution is 0.0773. The largest absolute Gasteiger partial charge is 0.339 e. The molecule has 5 nitrogen and oxygen atoms in total. The summed E-state index contributed by atoms with van der Waals surface area (Å²) < 4.78 is 26.8. The van der Waals surface area contributed by atoms with Crippen LogP contribution < -0.4 is 4.72 Å². The van der Waals surface area contributed by atoms with E-state index in [0.717, 1.165) is 11.0 Å². The molecule has 0 radical (unpaired) electrons. The molecule has 0 aliphatic rings. The second kappa shape index (κ2) is 8.87. The Morgan fingerprint density at radius 2 is 1.62 bits per heavy atom. The van der Waals surface area contributed by atoms with Crippen LogP contribution >= 0.6 is 11.6 Å². The summed E-state index contributed by atoms with van der Waals surface area (Å²) in [5.74, 6) is -0.0768. The molecule has 2 aromatic rings. The van der Waals surface area contributed by atoms with E-state index in [1.54, 1.807) is 53.4 Å². The smallest absolute Gasteiger partial charge is 0.255 e. The molecule has 26 heavy (non-hydrogen) atoms. The summed E-state index contributed by atoms with van der Waals surface area (Å²) in [5.41, 5.74) is 1.63. The van der Waals surface area contributed by atoms with Gasteiger partial charge in [-0.15, -0.1) is 0 Å². The first-order valence-corrected chi connectivity index (χ1v) is 10.1. The molecule has 0 saturated carbocycles. The van der Waals surface area contributed by atoms with Crippen molar-refractivity contribution in [2.75, 3.05) is 17.8 Å². The fourth-order valence-electron chi connectivity index (χ4n) is 2.31. The Bertz CT molecular complexity index is 872. The molecule has 0 aliphatic heterocycles. The Hall–Kier alpha value is -2.31. The van der Waals surface area contributed by atoms with Gasteiger partial charge < -0.3 is 4.90 Å². The molecular formula is C19H21ClN2O3S. The van der Waals surface area contributed by atoms with Gasteiger partial charge in [-0.25, -0.2) is 8.42 Å². The van der Waals surface area contributed by atoms with Crippen LogP contribution in [0.25, 0.3) is 6.08 Å². The predicted octanol–water partition coefficient (Wildman–Crippen LogP) is 4.23. The SMILES string of the molecule is CCN(CC)C(=O)c1ccc(NS(=O)(=O)/C=C/c2ccc(Cl)cc2)cc1. The van der Waals surface area contributed by atoms with Gasteiger partial charge in [0.1, 0.15) is 0 Å². The van der Waals surface area contributed by atoms with Crippen LogP contribution in [0.2, 0.25) is 5.02 Å². The van der Waals surface area contributed by atoms with Gasteiger partial charge in [-0.1, -0.05) is 23.7 Å².